The summed E-state index contributed by atoms with van der Waals surface area (Å²) in [4.78, 5) is 28.5. The highest BCUT2D eigenvalue weighted by Crippen LogP contribution is 2.25. The van der Waals surface area contributed by atoms with E-state index in [9.17, 15) is 9.59 Å². The first-order valence-corrected chi connectivity index (χ1v) is 8.39. The van der Waals surface area contributed by atoms with E-state index >= 15 is 0 Å². The van der Waals surface area contributed by atoms with Crippen molar-refractivity contribution in [3.05, 3.63) is 52.4 Å². The van der Waals surface area contributed by atoms with E-state index in [1.165, 1.54) is 6.92 Å². The molecule has 1 aromatic carbocycles. The number of likely N-dealkylation sites (N-methyl/N-ethyl adjacent to an activating group) is 1. The zero-order valence-electron chi connectivity index (χ0n) is 15.1. The lowest BCUT2D eigenvalue weighted by atomic mass is 9.93. The molecule has 6 heteroatoms. The molecule has 0 unspecified atom stereocenters. The third-order valence-corrected chi connectivity index (χ3v) is 4.89. The number of nitrogens with zero attached hydrogens (tertiary/aromatic N) is 3. The van der Waals surface area contributed by atoms with E-state index in [2.05, 4.69) is 5.16 Å². The number of fused-ring (bicyclic) bond motifs is 1. The lowest BCUT2D eigenvalue weighted by Crippen LogP contribution is -2.52. The highest BCUT2D eigenvalue weighted by atomic mass is 16.5. The van der Waals surface area contributed by atoms with E-state index in [4.69, 9.17) is 4.52 Å². The predicted molar refractivity (Wildman–Crippen MR) is 92.6 cm³/mol. The molecule has 1 aromatic heterocycles. The van der Waals surface area contributed by atoms with E-state index < -0.39 is 6.04 Å². The lowest BCUT2D eigenvalue weighted by Gasteiger charge is -2.37. The van der Waals surface area contributed by atoms with Crippen molar-refractivity contribution in [1.29, 1.82) is 0 Å². The minimum atomic E-state index is -0.474. The molecule has 1 atom stereocenters. The van der Waals surface area contributed by atoms with E-state index in [1.807, 2.05) is 38.1 Å². The van der Waals surface area contributed by atoms with Gasteiger partial charge in [-0.1, -0.05) is 29.4 Å². The molecule has 0 aliphatic carbocycles. The Kier molecular flexibility index (Phi) is 4.61. The first kappa shape index (κ1) is 17.2. The van der Waals surface area contributed by atoms with Crippen LogP contribution in [-0.2, 0) is 29.1 Å². The van der Waals surface area contributed by atoms with Gasteiger partial charge in [0.25, 0.3) is 0 Å². The van der Waals surface area contributed by atoms with Crippen LogP contribution in [0.4, 0.5) is 0 Å². The molecule has 0 saturated carbocycles. The SMILES string of the molecule is CC(=O)N1Cc2ccccc2C[C@H]1C(=O)N(C)Cc1c(C)noc1C. The Labute approximate surface area is 147 Å². The van der Waals surface area contributed by atoms with Gasteiger partial charge in [-0.15, -0.1) is 0 Å². The van der Waals surface area contributed by atoms with E-state index in [-0.39, 0.29) is 11.8 Å². The molecule has 2 heterocycles. The molecule has 1 aliphatic heterocycles. The van der Waals surface area contributed by atoms with Gasteiger partial charge in [0.15, 0.2) is 0 Å². The summed E-state index contributed by atoms with van der Waals surface area (Å²) in [6.45, 7) is 6.11. The Morgan fingerprint density at radius 2 is 1.96 bits per heavy atom. The van der Waals surface area contributed by atoms with Gasteiger partial charge in [0.05, 0.1) is 12.2 Å². The van der Waals surface area contributed by atoms with Gasteiger partial charge in [-0.05, 0) is 25.0 Å². The Morgan fingerprint density at radius 3 is 2.56 bits per heavy atom. The number of benzene rings is 1. The molecule has 0 bridgehead atoms. The Balaban J connectivity index is 1.83. The van der Waals surface area contributed by atoms with Crippen molar-refractivity contribution in [3.8, 4) is 0 Å². The molecule has 132 valence electrons. The van der Waals surface area contributed by atoms with Crippen molar-refractivity contribution in [1.82, 2.24) is 15.0 Å². The van der Waals surface area contributed by atoms with Crippen LogP contribution in [0.25, 0.3) is 0 Å². The second kappa shape index (κ2) is 6.70. The van der Waals surface area contributed by atoms with Gasteiger partial charge in [0.1, 0.15) is 11.8 Å². The number of hydrogen-bond donors (Lipinski definition) is 0. The molecule has 6 nitrogen and oxygen atoms in total. The first-order valence-electron chi connectivity index (χ1n) is 8.39. The molecule has 25 heavy (non-hydrogen) atoms. The summed E-state index contributed by atoms with van der Waals surface area (Å²) in [5.41, 5.74) is 3.94. The molecule has 0 radical (unpaired) electrons. The number of rotatable bonds is 3. The van der Waals surface area contributed by atoms with Gasteiger partial charge < -0.3 is 14.3 Å². The monoisotopic (exact) mass is 341 g/mol. The van der Waals surface area contributed by atoms with Crippen molar-refractivity contribution < 1.29 is 14.1 Å². The van der Waals surface area contributed by atoms with Crippen LogP contribution in [0.2, 0.25) is 0 Å². The van der Waals surface area contributed by atoms with E-state index in [1.54, 1.807) is 16.8 Å². The molecule has 0 spiro atoms. The zero-order valence-corrected chi connectivity index (χ0v) is 15.1. The fourth-order valence-electron chi connectivity index (χ4n) is 3.37. The molecule has 2 amide bonds. The van der Waals surface area contributed by atoms with E-state index in [0.717, 1.165) is 28.1 Å². The van der Waals surface area contributed by atoms with Crippen molar-refractivity contribution in [2.24, 2.45) is 0 Å². The summed E-state index contributed by atoms with van der Waals surface area (Å²) in [7, 11) is 1.76. The van der Waals surface area contributed by atoms with Gasteiger partial charge in [-0.2, -0.15) is 0 Å². The van der Waals surface area contributed by atoms with Crippen molar-refractivity contribution >= 4 is 11.8 Å². The summed E-state index contributed by atoms with van der Waals surface area (Å²) < 4.78 is 5.17. The second-order valence-corrected chi connectivity index (χ2v) is 6.63. The third-order valence-electron chi connectivity index (χ3n) is 4.89. The van der Waals surface area contributed by atoms with Crippen molar-refractivity contribution in [2.45, 2.75) is 46.3 Å². The van der Waals surface area contributed by atoms with Crippen molar-refractivity contribution in [3.63, 3.8) is 0 Å². The number of aryl methyl sites for hydroxylation is 2. The van der Waals surface area contributed by atoms with Crippen LogP contribution in [-0.4, -0.2) is 39.9 Å². The van der Waals surface area contributed by atoms with Gasteiger partial charge in [-0.3, -0.25) is 9.59 Å². The zero-order chi connectivity index (χ0) is 18.1. The second-order valence-electron chi connectivity index (χ2n) is 6.63. The van der Waals surface area contributed by atoms with Gasteiger partial charge >= 0.3 is 0 Å². The molecular weight excluding hydrogens is 318 g/mol. The van der Waals surface area contributed by atoms with Crippen LogP contribution in [0.15, 0.2) is 28.8 Å². The molecule has 0 N–H and O–H groups in total. The van der Waals surface area contributed by atoms with Crippen LogP contribution in [0.1, 0.15) is 35.1 Å². The average Bonchev–Trinajstić information content (AvgIpc) is 2.91. The fourth-order valence-corrected chi connectivity index (χ4v) is 3.37. The number of aromatic nitrogens is 1. The quantitative estimate of drug-likeness (QED) is 0.858. The molecule has 2 aromatic rings. The standard InChI is InChI=1S/C19H23N3O3/c1-12-17(13(2)25-20-12)11-21(4)19(24)18-9-15-7-5-6-8-16(15)10-22(18)14(3)23/h5-8,18H,9-11H2,1-4H3/t18-/m0/s1. The topological polar surface area (TPSA) is 66.7 Å². The molecule has 3 rings (SSSR count). The largest absolute Gasteiger partial charge is 0.361 e. The van der Waals surface area contributed by atoms with Crippen LogP contribution in [0.3, 0.4) is 0 Å². The summed E-state index contributed by atoms with van der Waals surface area (Å²) in [6.07, 6.45) is 0.542. The Morgan fingerprint density at radius 1 is 1.28 bits per heavy atom. The molecule has 1 aliphatic rings. The molecule has 0 fully saturated rings. The van der Waals surface area contributed by atoms with Gasteiger partial charge in [0, 0.05) is 32.5 Å². The average molecular weight is 341 g/mol. The van der Waals surface area contributed by atoms with Crippen LogP contribution >= 0.6 is 0 Å². The summed E-state index contributed by atoms with van der Waals surface area (Å²) in [6, 6.07) is 7.50. The maximum Gasteiger partial charge on any atom is 0.245 e. The van der Waals surface area contributed by atoms with Crippen LogP contribution in [0, 0.1) is 13.8 Å². The van der Waals surface area contributed by atoms with Gasteiger partial charge in [-0.25, -0.2) is 0 Å². The minimum Gasteiger partial charge on any atom is -0.361 e. The van der Waals surface area contributed by atoms with Crippen LogP contribution in [0.5, 0.6) is 0 Å². The fraction of sp³-hybridized carbons (Fsp3) is 0.421. The molecule has 0 saturated heterocycles. The normalized spacial score (nSPS) is 16.5. The van der Waals surface area contributed by atoms with Crippen LogP contribution < -0.4 is 0 Å². The predicted octanol–water partition coefficient (Wildman–Crippen LogP) is 2.22. The summed E-state index contributed by atoms with van der Waals surface area (Å²) in [5.74, 6) is 0.567. The lowest BCUT2D eigenvalue weighted by molar-refractivity contribution is -0.145. The summed E-state index contributed by atoms with van der Waals surface area (Å²) >= 11 is 0. The smallest absolute Gasteiger partial charge is 0.245 e. The summed E-state index contributed by atoms with van der Waals surface area (Å²) in [5, 5.41) is 3.94. The van der Waals surface area contributed by atoms with E-state index in [0.29, 0.717) is 19.5 Å². The third kappa shape index (κ3) is 3.29. The first-order chi connectivity index (χ1) is 11.9. The Bertz CT molecular complexity index is 792. The maximum atomic E-state index is 13.1. The number of hydrogen-bond acceptors (Lipinski definition) is 4. The molecular formula is C19H23N3O3. The number of amides is 2. The maximum absolute atomic E-state index is 13.1. The minimum absolute atomic E-state index is 0.0651. The number of carbonyl (C=O) groups excluding carboxylic acids is 2. The Hall–Kier alpha value is -2.63. The van der Waals surface area contributed by atoms with Gasteiger partial charge in [0.2, 0.25) is 11.8 Å². The number of carbonyl (C=O) groups is 2. The highest BCUT2D eigenvalue weighted by Gasteiger charge is 2.35. The highest BCUT2D eigenvalue weighted by molar-refractivity contribution is 5.87. The van der Waals surface area contributed by atoms with Crippen molar-refractivity contribution in [2.75, 3.05) is 7.05 Å².